The summed E-state index contributed by atoms with van der Waals surface area (Å²) in [6.45, 7) is 9.73. The van der Waals surface area contributed by atoms with Crippen molar-refractivity contribution in [1.29, 1.82) is 0 Å². The van der Waals surface area contributed by atoms with Crippen LogP contribution < -0.4 is 0 Å². The third kappa shape index (κ3) is 5.06. The van der Waals surface area contributed by atoms with Gasteiger partial charge in [0.15, 0.2) is 0 Å². The Hall–Kier alpha value is -0.0431. The third-order valence-corrected chi connectivity index (χ3v) is 6.36. The van der Waals surface area contributed by atoms with E-state index in [2.05, 4.69) is 0 Å². The van der Waals surface area contributed by atoms with Crippen molar-refractivity contribution in [2.45, 2.75) is 58.9 Å². The molecular formula is C14H28F2O3Si. The molecule has 2 rings (SSSR count). The van der Waals surface area contributed by atoms with Crippen LogP contribution in [0.3, 0.4) is 0 Å². The Morgan fingerprint density at radius 2 is 1.50 bits per heavy atom. The average molecular weight is 310 g/mol. The second kappa shape index (κ2) is 7.82. The van der Waals surface area contributed by atoms with Crippen molar-refractivity contribution in [2.75, 3.05) is 19.8 Å². The molecule has 2 aliphatic rings. The summed E-state index contributed by atoms with van der Waals surface area (Å²) in [4.78, 5) is 0. The zero-order valence-electron chi connectivity index (χ0n) is 13.1. The van der Waals surface area contributed by atoms with E-state index in [0.717, 1.165) is 19.3 Å². The van der Waals surface area contributed by atoms with Crippen LogP contribution in [0.1, 0.15) is 46.5 Å². The van der Waals surface area contributed by atoms with Gasteiger partial charge in [-0.25, -0.2) is 8.78 Å². The van der Waals surface area contributed by atoms with Crippen LogP contribution in [0.2, 0.25) is 6.55 Å². The van der Waals surface area contributed by atoms with E-state index in [0.29, 0.717) is 25.7 Å². The quantitative estimate of drug-likeness (QED) is 0.691. The molecule has 2 aliphatic carbocycles. The van der Waals surface area contributed by atoms with Crippen LogP contribution in [0.15, 0.2) is 0 Å². The van der Waals surface area contributed by atoms with Crippen LogP contribution in [0.4, 0.5) is 8.78 Å². The first kappa shape index (κ1) is 18.0. The number of hydrogen-bond acceptors (Lipinski definition) is 3. The monoisotopic (exact) mass is 310 g/mol. The Balaban J connectivity index is 0.000000202. The zero-order valence-corrected chi connectivity index (χ0v) is 14.1. The minimum absolute atomic E-state index is 0.178. The van der Waals surface area contributed by atoms with Gasteiger partial charge in [0.1, 0.15) is 0 Å². The number of alkyl halides is 2. The molecular weight excluding hydrogens is 282 g/mol. The van der Waals surface area contributed by atoms with Crippen LogP contribution in [0.25, 0.3) is 0 Å². The van der Waals surface area contributed by atoms with E-state index in [1.165, 1.54) is 0 Å². The summed E-state index contributed by atoms with van der Waals surface area (Å²) in [7, 11) is -2.25. The Labute approximate surface area is 122 Å². The maximum atomic E-state index is 12.6. The molecule has 2 atom stereocenters. The molecule has 2 fully saturated rings. The van der Waals surface area contributed by atoms with E-state index in [9.17, 15) is 8.78 Å². The number of fused-ring (bicyclic) bond motifs is 2. The van der Waals surface area contributed by atoms with Gasteiger partial charge in [-0.3, -0.25) is 0 Å². The smallest absolute Gasteiger partial charge is 0.374 e. The minimum Gasteiger partial charge on any atom is -0.374 e. The first-order valence-corrected chi connectivity index (χ1v) is 9.89. The summed E-state index contributed by atoms with van der Waals surface area (Å²) in [6.07, 6.45) is 2.81. The molecule has 3 nitrogen and oxygen atoms in total. The second-order valence-electron chi connectivity index (χ2n) is 5.50. The summed E-state index contributed by atoms with van der Waals surface area (Å²) in [5.41, 5.74) is 0. The summed E-state index contributed by atoms with van der Waals surface area (Å²) in [5.74, 6) is -2.17. The standard InChI is InChI=1S/C7H10F2.C7H18O3Si/c8-7(9)4-5-1-2-6(7)3-5;1-5-8-11(4,9-6-2)10-7-3/h5-6H,1-4H2;5-7H2,1-4H3. The Kier molecular flexibility index (Phi) is 7.04. The van der Waals surface area contributed by atoms with Gasteiger partial charge in [0.2, 0.25) is 0 Å². The van der Waals surface area contributed by atoms with Gasteiger partial charge in [-0.05, 0) is 46.0 Å². The lowest BCUT2D eigenvalue weighted by molar-refractivity contribution is -0.0512. The van der Waals surface area contributed by atoms with Crippen molar-refractivity contribution in [3.8, 4) is 0 Å². The average Bonchev–Trinajstić information content (AvgIpc) is 2.89. The van der Waals surface area contributed by atoms with Gasteiger partial charge < -0.3 is 13.3 Å². The SMILES string of the molecule is CCO[Si](C)(OCC)OCC.FC1(F)CC2CCC1C2. The van der Waals surface area contributed by atoms with Crippen molar-refractivity contribution >= 4 is 8.80 Å². The van der Waals surface area contributed by atoms with Crippen molar-refractivity contribution in [3.05, 3.63) is 0 Å². The molecule has 0 aromatic rings. The Bertz CT molecular complexity index is 273. The molecule has 0 saturated heterocycles. The van der Waals surface area contributed by atoms with Crippen molar-refractivity contribution < 1.29 is 22.1 Å². The molecule has 0 radical (unpaired) electrons. The second-order valence-corrected chi connectivity index (χ2v) is 8.09. The summed E-state index contributed by atoms with van der Waals surface area (Å²) < 4.78 is 41.5. The molecule has 2 unspecified atom stereocenters. The lowest BCUT2D eigenvalue weighted by atomic mass is 9.97. The molecule has 120 valence electrons. The summed E-state index contributed by atoms with van der Waals surface area (Å²) >= 11 is 0. The first-order chi connectivity index (χ1) is 9.37. The van der Waals surface area contributed by atoms with Crippen LogP contribution in [0, 0.1) is 11.8 Å². The molecule has 0 spiro atoms. The number of hydrogen-bond donors (Lipinski definition) is 0. The Morgan fingerprint density at radius 1 is 1.00 bits per heavy atom. The van der Waals surface area contributed by atoms with E-state index in [1.807, 2.05) is 27.3 Å². The van der Waals surface area contributed by atoms with Gasteiger partial charge in [0, 0.05) is 38.7 Å². The van der Waals surface area contributed by atoms with Gasteiger partial charge in [0.05, 0.1) is 0 Å². The maximum Gasteiger partial charge on any atom is 0.497 e. The molecule has 0 amide bonds. The zero-order chi connectivity index (χ0) is 15.2. The highest BCUT2D eigenvalue weighted by Crippen LogP contribution is 2.53. The fourth-order valence-electron chi connectivity index (χ4n) is 3.11. The van der Waals surface area contributed by atoms with Gasteiger partial charge in [-0.2, -0.15) is 0 Å². The van der Waals surface area contributed by atoms with Crippen molar-refractivity contribution in [2.24, 2.45) is 11.8 Å². The van der Waals surface area contributed by atoms with E-state index in [1.54, 1.807) is 0 Å². The molecule has 0 N–H and O–H groups in total. The van der Waals surface area contributed by atoms with Crippen LogP contribution in [-0.2, 0) is 13.3 Å². The molecule has 0 aliphatic heterocycles. The van der Waals surface area contributed by atoms with Gasteiger partial charge in [0.25, 0.3) is 5.92 Å². The number of rotatable bonds is 6. The van der Waals surface area contributed by atoms with Crippen LogP contribution >= 0.6 is 0 Å². The van der Waals surface area contributed by atoms with Crippen molar-refractivity contribution in [1.82, 2.24) is 0 Å². The minimum atomic E-state index is -2.29. The van der Waals surface area contributed by atoms with E-state index >= 15 is 0 Å². The molecule has 2 saturated carbocycles. The lowest BCUT2D eigenvalue weighted by Crippen LogP contribution is -2.42. The molecule has 0 aromatic carbocycles. The largest absolute Gasteiger partial charge is 0.497 e. The summed E-state index contributed by atoms with van der Waals surface area (Å²) in [6, 6.07) is 0. The van der Waals surface area contributed by atoms with Gasteiger partial charge in [-0.15, -0.1) is 0 Å². The number of halogens is 2. The first-order valence-electron chi connectivity index (χ1n) is 7.66. The van der Waals surface area contributed by atoms with Gasteiger partial charge >= 0.3 is 8.80 Å². The maximum absolute atomic E-state index is 12.6. The predicted molar refractivity (Wildman–Crippen MR) is 76.9 cm³/mol. The molecule has 20 heavy (non-hydrogen) atoms. The highest BCUT2D eigenvalue weighted by Gasteiger charge is 2.52. The van der Waals surface area contributed by atoms with Crippen molar-refractivity contribution in [3.63, 3.8) is 0 Å². The predicted octanol–water partition coefficient (Wildman–Crippen LogP) is 4.11. The lowest BCUT2D eigenvalue weighted by Gasteiger charge is -2.23. The van der Waals surface area contributed by atoms with Crippen LogP contribution in [0.5, 0.6) is 0 Å². The highest BCUT2D eigenvalue weighted by atomic mass is 28.4. The summed E-state index contributed by atoms with van der Waals surface area (Å²) in [5, 5.41) is 0. The van der Waals surface area contributed by atoms with E-state index in [-0.39, 0.29) is 12.3 Å². The molecule has 2 bridgehead atoms. The topological polar surface area (TPSA) is 27.7 Å². The van der Waals surface area contributed by atoms with E-state index in [4.69, 9.17) is 13.3 Å². The fourth-order valence-corrected chi connectivity index (χ4v) is 4.93. The molecule has 6 heteroatoms. The third-order valence-electron chi connectivity index (χ3n) is 3.92. The van der Waals surface area contributed by atoms with E-state index < -0.39 is 14.7 Å². The Morgan fingerprint density at radius 3 is 1.70 bits per heavy atom. The van der Waals surface area contributed by atoms with Gasteiger partial charge in [-0.1, -0.05) is 0 Å². The molecule has 0 heterocycles. The molecule has 0 aromatic heterocycles. The van der Waals surface area contributed by atoms with Crippen LogP contribution in [-0.4, -0.2) is 34.5 Å². The fraction of sp³-hybridized carbons (Fsp3) is 1.00. The normalized spacial score (nSPS) is 27.3. The highest BCUT2D eigenvalue weighted by molar-refractivity contribution is 6.59.